The Morgan fingerprint density at radius 3 is 2.28 bits per heavy atom. The Hall–Kier alpha value is -3.49. The van der Waals surface area contributed by atoms with Crippen LogP contribution >= 0.6 is 23.2 Å². The number of anilines is 2. The van der Waals surface area contributed by atoms with Gasteiger partial charge >= 0.3 is 0 Å². The maximum Gasteiger partial charge on any atom is 0.276 e. The van der Waals surface area contributed by atoms with Crippen LogP contribution in [-0.4, -0.2) is 52.3 Å². The lowest BCUT2D eigenvalue weighted by Crippen LogP contribution is -2.50. The molecule has 0 saturated carbocycles. The number of carbonyl (C=O) groups is 2. The second kappa shape index (κ2) is 9.52. The van der Waals surface area contributed by atoms with Crippen LogP contribution < -0.4 is 15.8 Å². The molecule has 3 heterocycles. The number of benzene rings is 2. The Bertz CT molecular complexity index is 1440. The van der Waals surface area contributed by atoms with E-state index in [0.717, 1.165) is 10.4 Å². The number of carbonyl (C=O) groups excluding carboxylic acids is 2. The van der Waals surface area contributed by atoms with E-state index in [0.29, 0.717) is 58.9 Å². The Balaban J connectivity index is 1.54. The first-order valence-electron chi connectivity index (χ1n) is 11.6. The minimum atomic E-state index is -0.748. The van der Waals surface area contributed by atoms with Crippen LogP contribution in [0.1, 0.15) is 30.2 Å². The number of aromatic nitrogens is 2. The zero-order valence-electron chi connectivity index (χ0n) is 19.9. The van der Waals surface area contributed by atoms with Crippen LogP contribution in [0, 0.1) is 0 Å². The van der Waals surface area contributed by atoms with Crippen molar-refractivity contribution < 1.29 is 9.59 Å². The summed E-state index contributed by atoms with van der Waals surface area (Å²) in [6.45, 7) is 5.58. The molecule has 1 N–H and O–H groups in total. The quantitative estimate of drug-likeness (QED) is 0.552. The van der Waals surface area contributed by atoms with Gasteiger partial charge in [-0.05, 0) is 36.8 Å². The van der Waals surface area contributed by atoms with Crippen LogP contribution in [0.25, 0.3) is 0 Å². The number of allylic oxidation sites excluding steroid dienone is 1. The monoisotopic (exact) mass is 525 g/mol. The third-order valence-corrected chi connectivity index (χ3v) is 7.38. The second-order valence-electron chi connectivity index (χ2n) is 8.90. The maximum absolute atomic E-state index is 14.0. The molecule has 0 bridgehead atoms. The molecule has 1 saturated heterocycles. The van der Waals surface area contributed by atoms with E-state index >= 15 is 0 Å². The molecule has 8 nitrogen and oxygen atoms in total. The molecule has 1 amide bonds. The van der Waals surface area contributed by atoms with Crippen LogP contribution in [-0.2, 0) is 4.79 Å². The summed E-state index contributed by atoms with van der Waals surface area (Å²) < 4.78 is 2.58. The minimum Gasteiger partial charge on any atom is -0.368 e. The van der Waals surface area contributed by atoms with E-state index in [9.17, 15) is 14.4 Å². The number of halogens is 2. The molecule has 0 spiro atoms. The molecule has 10 heteroatoms. The molecule has 2 aliphatic heterocycles. The van der Waals surface area contributed by atoms with Gasteiger partial charge in [0.05, 0.1) is 15.6 Å². The van der Waals surface area contributed by atoms with Crippen LogP contribution in [0.15, 0.2) is 70.7 Å². The molecule has 1 atom stereocenters. The van der Waals surface area contributed by atoms with Crippen molar-refractivity contribution in [2.45, 2.75) is 19.9 Å². The van der Waals surface area contributed by atoms with E-state index in [1.165, 1.54) is 17.7 Å². The molecule has 5 rings (SSSR count). The zero-order chi connectivity index (χ0) is 25.6. The van der Waals surface area contributed by atoms with Gasteiger partial charge in [0.25, 0.3) is 11.5 Å². The summed E-state index contributed by atoms with van der Waals surface area (Å²) in [6, 6.07) is 15.8. The Kier molecular flexibility index (Phi) is 6.40. The first-order valence-corrected chi connectivity index (χ1v) is 12.4. The third-order valence-electron chi connectivity index (χ3n) is 6.65. The van der Waals surface area contributed by atoms with Gasteiger partial charge in [0.1, 0.15) is 11.9 Å². The number of rotatable bonds is 3. The van der Waals surface area contributed by atoms with Crippen molar-refractivity contribution in [1.29, 1.82) is 0 Å². The molecule has 1 aromatic heterocycles. The standard InChI is InChI=1S/C26H25Cl2N5O3/c1-16-24(26(36)31-12-10-30(11-13-31)19-6-4-3-5-7-19)25(18-8-9-20(27)21(28)14-18)33-22(29-16)15-23(35)32(33)17(2)34/h3-9,14-15,25,29H,10-13H2,1-2H3. The van der Waals surface area contributed by atoms with Gasteiger partial charge in [0.2, 0.25) is 5.91 Å². The number of para-hydroxylation sites is 1. The topological polar surface area (TPSA) is 79.6 Å². The van der Waals surface area contributed by atoms with Gasteiger partial charge in [-0.3, -0.25) is 14.4 Å². The van der Waals surface area contributed by atoms with Gasteiger partial charge in [0, 0.05) is 50.6 Å². The summed E-state index contributed by atoms with van der Waals surface area (Å²) in [6.07, 6.45) is 0. The average Bonchev–Trinajstić information content (AvgIpc) is 3.20. The Morgan fingerprint density at radius 1 is 0.944 bits per heavy atom. The summed E-state index contributed by atoms with van der Waals surface area (Å²) in [5, 5.41) is 3.85. The van der Waals surface area contributed by atoms with Crippen molar-refractivity contribution in [1.82, 2.24) is 14.3 Å². The molecule has 1 fully saturated rings. The molecule has 2 aromatic carbocycles. The molecular weight excluding hydrogens is 501 g/mol. The lowest BCUT2D eigenvalue weighted by Gasteiger charge is -2.39. The molecule has 1 unspecified atom stereocenters. The van der Waals surface area contributed by atoms with Crippen molar-refractivity contribution >= 4 is 46.5 Å². The molecule has 36 heavy (non-hydrogen) atoms. The molecular formula is C26H25Cl2N5O3. The highest BCUT2D eigenvalue weighted by Gasteiger charge is 2.38. The predicted molar refractivity (Wildman–Crippen MR) is 141 cm³/mol. The van der Waals surface area contributed by atoms with Crippen LogP contribution in [0.3, 0.4) is 0 Å². The van der Waals surface area contributed by atoms with Gasteiger partial charge in [0.15, 0.2) is 0 Å². The predicted octanol–water partition coefficient (Wildman–Crippen LogP) is 4.25. The van der Waals surface area contributed by atoms with E-state index in [1.54, 1.807) is 25.1 Å². The highest BCUT2D eigenvalue weighted by atomic mass is 35.5. The fourth-order valence-corrected chi connectivity index (χ4v) is 5.25. The number of piperazine rings is 1. The number of hydrogen-bond donors (Lipinski definition) is 1. The van der Waals surface area contributed by atoms with Crippen molar-refractivity contribution in [2.24, 2.45) is 0 Å². The normalized spacial score (nSPS) is 17.6. The van der Waals surface area contributed by atoms with Crippen LogP contribution in [0.5, 0.6) is 0 Å². The molecule has 0 aliphatic carbocycles. The van der Waals surface area contributed by atoms with E-state index in [-0.39, 0.29) is 5.91 Å². The smallest absolute Gasteiger partial charge is 0.276 e. The number of hydrogen-bond acceptors (Lipinski definition) is 5. The highest BCUT2D eigenvalue weighted by Crippen LogP contribution is 2.38. The Morgan fingerprint density at radius 2 is 1.64 bits per heavy atom. The number of amides is 1. The van der Waals surface area contributed by atoms with Gasteiger partial charge in [-0.1, -0.05) is 47.5 Å². The van der Waals surface area contributed by atoms with E-state index in [4.69, 9.17) is 23.2 Å². The van der Waals surface area contributed by atoms with Crippen molar-refractivity contribution in [3.63, 3.8) is 0 Å². The van der Waals surface area contributed by atoms with Crippen molar-refractivity contribution in [2.75, 3.05) is 36.4 Å². The van der Waals surface area contributed by atoms with Crippen LogP contribution in [0.2, 0.25) is 10.0 Å². The number of nitrogens with one attached hydrogen (secondary N) is 1. The van der Waals surface area contributed by atoms with Crippen LogP contribution in [0.4, 0.5) is 11.5 Å². The van der Waals surface area contributed by atoms with Gasteiger partial charge in [-0.15, -0.1) is 0 Å². The van der Waals surface area contributed by atoms with E-state index < -0.39 is 17.5 Å². The number of nitrogens with zero attached hydrogens (tertiary/aromatic N) is 4. The summed E-state index contributed by atoms with van der Waals surface area (Å²) in [5.74, 6) is -0.194. The molecule has 3 aromatic rings. The largest absolute Gasteiger partial charge is 0.368 e. The SMILES string of the molecule is CC(=O)n1c(=O)cc2n1C(c1ccc(Cl)c(Cl)c1)C(C(=O)N1CCN(c3ccccc3)CC1)=C(C)N2. The zero-order valence-corrected chi connectivity index (χ0v) is 21.4. The fourth-order valence-electron chi connectivity index (χ4n) is 4.94. The van der Waals surface area contributed by atoms with Gasteiger partial charge in [-0.25, -0.2) is 4.68 Å². The Labute approximate surface area is 218 Å². The fraction of sp³-hybridized carbons (Fsp3) is 0.269. The summed E-state index contributed by atoms with van der Waals surface area (Å²) in [5.41, 5.74) is 2.34. The van der Waals surface area contributed by atoms with E-state index in [2.05, 4.69) is 22.3 Å². The third kappa shape index (κ3) is 4.20. The molecule has 2 aliphatic rings. The molecule has 0 radical (unpaired) electrons. The van der Waals surface area contributed by atoms with E-state index in [1.807, 2.05) is 23.1 Å². The lowest BCUT2D eigenvalue weighted by molar-refractivity contribution is -0.128. The molecule has 186 valence electrons. The summed E-state index contributed by atoms with van der Waals surface area (Å²) in [4.78, 5) is 43.3. The van der Waals surface area contributed by atoms with Gasteiger partial charge < -0.3 is 15.1 Å². The number of fused-ring (bicyclic) bond motifs is 1. The summed E-state index contributed by atoms with van der Waals surface area (Å²) >= 11 is 12.5. The first kappa shape index (κ1) is 24.2. The average molecular weight is 526 g/mol. The van der Waals surface area contributed by atoms with Crippen molar-refractivity contribution in [3.05, 3.63) is 91.8 Å². The second-order valence-corrected chi connectivity index (χ2v) is 9.71. The highest BCUT2D eigenvalue weighted by molar-refractivity contribution is 6.42. The minimum absolute atomic E-state index is 0.161. The maximum atomic E-state index is 14.0. The summed E-state index contributed by atoms with van der Waals surface area (Å²) in [7, 11) is 0. The van der Waals surface area contributed by atoms with Crippen molar-refractivity contribution in [3.8, 4) is 0 Å². The lowest BCUT2D eigenvalue weighted by atomic mass is 9.94. The first-order chi connectivity index (χ1) is 17.3. The van der Waals surface area contributed by atoms with Gasteiger partial charge in [-0.2, -0.15) is 4.68 Å².